The van der Waals surface area contributed by atoms with Crippen molar-refractivity contribution in [2.75, 3.05) is 23.3 Å². The van der Waals surface area contributed by atoms with Crippen LogP contribution < -0.4 is 10.2 Å². The Balaban J connectivity index is 1.34. The number of carbonyl (C=O) groups excluding carboxylic acids is 1. The van der Waals surface area contributed by atoms with Crippen molar-refractivity contribution in [3.05, 3.63) is 71.3 Å². The Labute approximate surface area is 177 Å². The van der Waals surface area contributed by atoms with Gasteiger partial charge in [-0.1, -0.05) is 23.7 Å². The number of carbonyl (C=O) groups is 1. The molecular weight excluding hydrogens is 410 g/mol. The molecule has 0 saturated carbocycles. The second-order valence-electron chi connectivity index (χ2n) is 7.16. The molecular formula is C22H19ClF2N4O. The van der Waals surface area contributed by atoms with Gasteiger partial charge in [0.15, 0.2) is 5.82 Å². The van der Waals surface area contributed by atoms with Crippen LogP contribution in [0.25, 0.3) is 11.3 Å². The van der Waals surface area contributed by atoms with E-state index in [0.717, 1.165) is 29.2 Å². The molecule has 2 heterocycles. The van der Waals surface area contributed by atoms with Gasteiger partial charge < -0.3 is 10.2 Å². The summed E-state index contributed by atoms with van der Waals surface area (Å²) in [5.74, 6) is -1.22. The molecule has 0 atom stereocenters. The van der Waals surface area contributed by atoms with Crippen LogP contribution in [0.15, 0.2) is 54.6 Å². The van der Waals surface area contributed by atoms with Crippen LogP contribution in [0, 0.1) is 17.6 Å². The van der Waals surface area contributed by atoms with Crippen LogP contribution in [0.3, 0.4) is 0 Å². The molecule has 1 fully saturated rings. The number of benzene rings is 2. The summed E-state index contributed by atoms with van der Waals surface area (Å²) in [6.07, 6.45) is 1.21. The van der Waals surface area contributed by atoms with Gasteiger partial charge in [-0.05, 0) is 49.2 Å². The van der Waals surface area contributed by atoms with E-state index in [9.17, 15) is 13.6 Å². The third kappa shape index (κ3) is 4.57. The second-order valence-corrected chi connectivity index (χ2v) is 7.59. The number of halogens is 3. The van der Waals surface area contributed by atoms with Crippen molar-refractivity contribution in [2.24, 2.45) is 5.92 Å². The van der Waals surface area contributed by atoms with Gasteiger partial charge in [0.25, 0.3) is 0 Å². The zero-order valence-electron chi connectivity index (χ0n) is 16.0. The van der Waals surface area contributed by atoms with Crippen LogP contribution >= 0.6 is 11.6 Å². The molecule has 4 rings (SSSR count). The lowest BCUT2D eigenvalue weighted by Gasteiger charge is -2.31. The molecule has 1 N–H and O–H groups in total. The van der Waals surface area contributed by atoms with E-state index in [0.29, 0.717) is 31.0 Å². The Morgan fingerprint density at radius 2 is 1.73 bits per heavy atom. The third-order valence-electron chi connectivity index (χ3n) is 5.17. The highest BCUT2D eigenvalue weighted by Gasteiger charge is 2.26. The Morgan fingerprint density at radius 3 is 2.37 bits per heavy atom. The largest absolute Gasteiger partial charge is 0.355 e. The average Bonchev–Trinajstić information content (AvgIpc) is 2.76. The number of hydrogen-bond donors (Lipinski definition) is 1. The minimum Gasteiger partial charge on any atom is -0.355 e. The van der Waals surface area contributed by atoms with Crippen molar-refractivity contribution in [3.63, 3.8) is 0 Å². The normalized spacial score (nSPS) is 14.6. The molecule has 8 heteroatoms. The highest BCUT2D eigenvalue weighted by atomic mass is 35.5. The van der Waals surface area contributed by atoms with Crippen LogP contribution in [-0.4, -0.2) is 29.2 Å². The van der Waals surface area contributed by atoms with E-state index in [1.807, 2.05) is 24.3 Å². The predicted octanol–water partition coefficient (Wildman–Crippen LogP) is 4.93. The van der Waals surface area contributed by atoms with Gasteiger partial charge in [-0.2, -0.15) is 0 Å². The summed E-state index contributed by atoms with van der Waals surface area (Å²) in [5, 5.41) is 11.8. The number of piperidine rings is 1. The molecule has 30 heavy (non-hydrogen) atoms. The van der Waals surface area contributed by atoms with Crippen molar-refractivity contribution < 1.29 is 13.6 Å². The zero-order valence-corrected chi connectivity index (χ0v) is 16.7. The first-order valence-corrected chi connectivity index (χ1v) is 9.98. The van der Waals surface area contributed by atoms with Crippen LogP contribution in [0.5, 0.6) is 0 Å². The first-order valence-electron chi connectivity index (χ1n) is 9.60. The van der Waals surface area contributed by atoms with Gasteiger partial charge in [-0.3, -0.25) is 4.79 Å². The molecule has 5 nitrogen and oxygen atoms in total. The highest BCUT2D eigenvalue weighted by Crippen LogP contribution is 2.25. The van der Waals surface area contributed by atoms with E-state index in [1.165, 1.54) is 6.07 Å². The molecule has 3 aromatic rings. The van der Waals surface area contributed by atoms with Gasteiger partial charge in [0.05, 0.1) is 11.4 Å². The summed E-state index contributed by atoms with van der Waals surface area (Å²) in [6.45, 7) is 1.28. The molecule has 1 saturated heterocycles. The number of nitrogens with one attached hydrogen (secondary N) is 1. The first kappa shape index (κ1) is 20.2. The van der Waals surface area contributed by atoms with Gasteiger partial charge in [0, 0.05) is 35.7 Å². The van der Waals surface area contributed by atoms with E-state index in [4.69, 9.17) is 11.6 Å². The Hall–Kier alpha value is -3.06. The molecule has 154 valence electrons. The third-order valence-corrected chi connectivity index (χ3v) is 5.42. The number of nitrogens with zero attached hydrogens (tertiary/aromatic N) is 3. The van der Waals surface area contributed by atoms with Crippen molar-refractivity contribution in [3.8, 4) is 11.3 Å². The summed E-state index contributed by atoms with van der Waals surface area (Å²) in [5.41, 5.74) is 1.68. The number of aromatic nitrogens is 2. The molecule has 2 aromatic carbocycles. The second kappa shape index (κ2) is 8.75. The summed E-state index contributed by atoms with van der Waals surface area (Å²) in [4.78, 5) is 14.5. The Bertz CT molecular complexity index is 1040. The molecule has 0 aliphatic carbocycles. The first-order chi connectivity index (χ1) is 14.5. The average molecular weight is 429 g/mol. The molecule has 1 aliphatic heterocycles. The molecule has 1 aromatic heterocycles. The lowest BCUT2D eigenvalue weighted by Crippen LogP contribution is -2.38. The van der Waals surface area contributed by atoms with Crippen molar-refractivity contribution in [1.82, 2.24) is 10.2 Å². The van der Waals surface area contributed by atoms with E-state index in [2.05, 4.69) is 20.4 Å². The van der Waals surface area contributed by atoms with E-state index in [-0.39, 0.29) is 17.5 Å². The van der Waals surface area contributed by atoms with Gasteiger partial charge in [-0.15, -0.1) is 10.2 Å². The number of rotatable bonds is 4. The fraction of sp³-hybridized carbons (Fsp3) is 0.227. The number of amides is 1. The summed E-state index contributed by atoms with van der Waals surface area (Å²) in [6, 6.07) is 14.3. The fourth-order valence-corrected chi connectivity index (χ4v) is 3.59. The maximum absolute atomic E-state index is 13.8. The number of anilines is 2. The highest BCUT2D eigenvalue weighted by molar-refractivity contribution is 6.30. The Kier molecular flexibility index (Phi) is 5.90. The predicted molar refractivity (Wildman–Crippen MR) is 112 cm³/mol. The molecule has 1 amide bonds. The fourth-order valence-electron chi connectivity index (χ4n) is 3.46. The number of hydrogen-bond acceptors (Lipinski definition) is 4. The minimum absolute atomic E-state index is 0.00696. The Morgan fingerprint density at radius 1 is 1.00 bits per heavy atom. The van der Waals surface area contributed by atoms with Crippen LogP contribution in [0.4, 0.5) is 20.3 Å². The van der Waals surface area contributed by atoms with Crippen molar-refractivity contribution in [1.29, 1.82) is 0 Å². The summed E-state index contributed by atoms with van der Waals surface area (Å²) >= 11 is 5.91. The quantitative estimate of drug-likeness (QED) is 0.640. The minimum atomic E-state index is -0.781. The van der Waals surface area contributed by atoms with Crippen molar-refractivity contribution in [2.45, 2.75) is 12.8 Å². The molecule has 0 radical (unpaired) electrons. The SMILES string of the molecule is O=C(Nc1ccc(F)cc1F)C1CCN(c2ccc(-c3ccc(Cl)cc3)nn2)CC1. The van der Waals surface area contributed by atoms with Gasteiger partial charge >= 0.3 is 0 Å². The van der Waals surface area contributed by atoms with E-state index in [1.54, 1.807) is 12.1 Å². The van der Waals surface area contributed by atoms with E-state index < -0.39 is 11.6 Å². The maximum atomic E-state index is 13.8. The molecule has 0 bridgehead atoms. The lowest BCUT2D eigenvalue weighted by molar-refractivity contribution is -0.120. The van der Waals surface area contributed by atoms with Gasteiger partial charge in [0.2, 0.25) is 5.91 Å². The van der Waals surface area contributed by atoms with Gasteiger partial charge in [0.1, 0.15) is 11.6 Å². The zero-order chi connectivity index (χ0) is 21.1. The smallest absolute Gasteiger partial charge is 0.227 e. The van der Waals surface area contributed by atoms with Crippen molar-refractivity contribution >= 4 is 29.0 Å². The van der Waals surface area contributed by atoms with Crippen LogP contribution in [-0.2, 0) is 4.79 Å². The summed E-state index contributed by atoms with van der Waals surface area (Å²) in [7, 11) is 0. The topological polar surface area (TPSA) is 58.1 Å². The molecule has 0 spiro atoms. The maximum Gasteiger partial charge on any atom is 0.227 e. The van der Waals surface area contributed by atoms with Crippen LogP contribution in [0.1, 0.15) is 12.8 Å². The van der Waals surface area contributed by atoms with E-state index >= 15 is 0 Å². The standard InChI is InChI=1S/C22H19ClF2N4O/c23-16-3-1-14(2-4-16)19-7-8-21(28-27-19)29-11-9-15(10-12-29)22(30)26-20-6-5-17(24)13-18(20)25/h1-8,13,15H,9-12H2,(H,26,30). The van der Waals surface area contributed by atoms with Crippen LogP contribution in [0.2, 0.25) is 5.02 Å². The monoisotopic (exact) mass is 428 g/mol. The summed E-state index contributed by atoms with van der Waals surface area (Å²) < 4.78 is 26.8. The van der Waals surface area contributed by atoms with Gasteiger partial charge in [-0.25, -0.2) is 8.78 Å². The molecule has 1 aliphatic rings. The molecule has 0 unspecified atom stereocenters. The lowest BCUT2D eigenvalue weighted by atomic mass is 9.95.